The lowest BCUT2D eigenvalue weighted by atomic mass is 10.2. The molecule has 0 unspecified atom stereocenters. The Balaban J connectivity index is 2.14. The molecule has 0 aliphatic rings. The lowest BCUT2D eigenvalue weighted by molar-refractivity contribution is 0.340. The summed E-state index contributed by atoms with van der Waals surface area (Å²) >= 11 is 12.4. The number of rotatable bonds is 7. The van der Waals surface area contributed by atoms with E-state index >= 15 is 0 Å². The third-order valence-corrected chi connectivity index (χ3v) is 3.44. The number of ether oxygens (including phenoxy) is 2. The zero-order chi connectivity index (χ0) is 16.7. The van der Waals surface area contributed by atoms with Gasteiger partial charge in [0.05, 0.1) is 22.3 Å². The molecule has 0 atom stereocenters. The molecule has 0 spiro atoms. The minimum absolute atomic E-state index is 0.346. The molecule has 2 rings (SSSR count). The maximum atomic E-state index is 6.19. The van der Waals surface area contributed by atoms with Crippen LogP contribution in [0.4, 0.5) is 5.69 Å². The van der Waals surface area contributed by atoms with E-state index in [1.807, 2.05) is 31.2 Å². The van der Waals surface area contributed by atoms with Crippen LogP contribution >= 0.6 is 23.2 Å². The Kier molecular flexibility index (Phi) is 6.51. The first-order valence-corrected chi connectivity index (χ1v) is 7.89. The van der Waals surface area contributed by atoms with Gasteiger partial charge < -0.3 is 9.47 Å². The Morgan fingerprint density at radius 3 is 2.30 bits per heavy atom. The molecule has 5 heteroatoms. The second-order valence-corrected chi connectivity index (χ2v) is 5.41. The van der Waals surface area contributed by atoms with Crippen molar-refractivity contribution >= 4 is 35.1 Å². The van der Waals surface area contributed by atoms with Crippen LogP contribution in [0.5, 0.6) is 11.5 Å². The van der Waals surface area contributed by atoms with E-state index in [4.69, 9.17) is 32.7 Å². The second-order valence-electron chi connectivity index (χ2n) is 4.60. The molecule has 0 heterocycles. The van der Waals surface area contributed by atoms with E-state index in [-0.39, 0.29) is 0 Å². The highest BCUT2D eigenvalue weighted by Gasteiger charge is 2.08. The van der Waals surface area contributed by atoms with Crippen LogP contribution in [0.25, 0.3) is 0 Å². The van der Waals surface area contributed by atoms with Crippen LogP contribution < -0.4 is 9.47 Å². The van der Waals surface area contributed by atoms with Gasteiger partial charge in [0.2, 0.25) is 0 Å². The van der Waals surface area contributed by atoms with Crippen molar-refractivity contribution in [2.24, 2.45) is 4.99 Å². The number of halogens is 2. The van der Waals surface area contributed by atoms with Gasteiger partial charge in [-0.05, 0) is 48.9 Å². The molecule has 0 N–H and O–H groups in total. The SMILES string of the molecule is C=CCOc1c(Cl)cc(C=Nc2ccc(OCC)cc2)cc1Cl. The number of hydrogen-bond donors (Lipinski definition) is 0. The number of hydrogen-bond acceptors (Lipinski definition) is 3. The van der Waals surface area contributed by atoms with Crippen molar-refractivity contribution in [1.82, 2.24) is 0 Å². The first-order valence-electron chi connectivity index (χ1n) is 7.13. The summed E-state index contributed by atoms with van der Waals surface area (Å²) < 4.78 is 10.8. The largest absolute Gasteiger partial charge is 0.494 e. The fourth-order valence-corrected chi connectivity index (χ4v) is 2.49. The standard InChI is InChI=1S/C18H17Cl2NO2/c1-3-9-23-18-16(19)10-13(11-17(18)20)12-21-14-5-7-15(8-6-14)22-4-2/h3,5-8,10-12H,1,4,9H2,2H3. The van der Waals surface area contributed by atoms with Crippen molar-refractivity contribution < 1.29 is 9.47 Å². The summed E-state index contributed by atoms with van der Waals surface area (Å²) in [4.78, 5) is 4.40. The van der Waals surface area contributed by atoms with Gasteiger partial charge in [-0.3, -0.25) is 4.99 Å². The molecule has 0 saturated heterocycles. The van der Waals surface area contributed by atoms with Gasteiger partial charge in [-0.15, -0.1) is 0 Å². The molecule has 0 aromatic heterocycles. The fourth-order valence-electron chi connectivity index (χ4n) is 1.88. The minimum atomic E-state index is 0.346. The fraction of sp³-hybridized carbons (Fsp3) is 0.167. The van der Waals surface area contributed by atoms with Crippen LogP contribution in [-0.2, 0) is 0 Å². The second kappa shape index (κ2) is 8.61. The number of benzene rings is 2. The molecule has 0 fully saturated rings. The quantitative estimate of drug-likeness (QED) is 0.473. The summed E-state index contributed by atoms with van der Waals surface area (Å²) in [6.45, 7) is 6.52. The smallest absolute Gasteiger partial charge is 0.156 e. The Morgan fingerprint density at radius 1 is 1.09 bits per heavy atom. The van der Waals surface area contributed by atoms with Crippen molar-refractivity contribution in [3.05, 3.63) is 64.7 Å². The monoisotopic (exact) mass is 349 g/mol. The van der Waals surface area contributed by atoms with E-state index in [1.165, 1.54) is 0 Å². The van der Waals surface area contributed by atoms with Gasteiger partial charge in [0.1, 0.15) is 12.4 Å². The predicted molar refractivity (Wildman–Crippen MR) is 97.0 cm³/mol. The number of aliphatic imine (C=N–C) groups is 1. The van der Waals surface area contributed by atoms with E-state index < -0.39 is 0 Å². The van der Waals surface area contributed by atoms with Crippen LogP contribution in [0.1, 0.15) is 12.5 Å². The topological polar surface area (TPSA) is 30.8 Å². The Hall–Kier alpha value is -1.97. The lowest BCUT2D eigenvalue weighted by Gasteiger charge is -2.08. The predicted octanol–water partition coefficient (Wildman–Crippen LogP) is 5.71. The third kappa shape index (κ3) is 5.02. The molecule has 3 nitrogen and oxygen atoms in total. The Labute approximate surface area is 146 Å². The molecule has 23 heavy (non-hydrogen) atoms. The molecule has 0 bridgehead atoms. The van der Waals surface area contributed by atoms with E-state index in [1.54, 1.807) is 24.4 Å². The van der Waals surface area contributed by atoms with Gasteiger partial charge in [-0.2, -0.15) is 0 Å². The van der Waals surface area contributed by atoms with Gasteiger partial charge in [0, 0.05) is 6.21 Å². The van der Waals surface area contributed by atoms with Crippen molar-refractivity contribution in [2.75, 3.05) is 13.2 Å². The first kappa shape index (κ1) is 17.4. The summed E-state index contributed by atoms with van der Waals surface area (Å²) in [7, 11) is 0. The summed E-state index contributed by atoms with van der Waals surface area (Å²) in [5, 5.41) is 0.875. The van der Waals surface area contributed by atoms with Crippen LogP contribution in [0.15, 0.2) is 54.0 Å². The van der Waals surface area contributed by atoms with Crippen LogP contribution in [0, 0.1) is 0 Å². The molecule has 0 aliphatic carbocycles. The minimum Gasteiger partial charge on any atom is -0.494 e. The maximum absolute atomic E-state index is 6.19. The summed E-state index contributed by atoms with van der Waals surface area (Å²) in [5.74, 6) is 1.27. The van der Waals surface area contributed by atoms with Crippen LogP contribution in [0.2, 0.25) is 10.0 Å². The molecule has 2 aromatic carbocycles. The van der Waals surface area contributed by atoms with Crippen molar-refractivity contribution in [1.29, 1.82) is 0 Å². The highest BCUT2D eigenvalue weighted by molar-refractivity contribution is 6.37. The molecule has 0 amide bonds. The van der Waals surface area contributed by atoms with E-state index in [2.05, 4.69) is 11.6 Å². The molecule has 0 radical (unpaired) electrons. The van der Waals surface area contributed by atoms with Crippen molar-refractivity contribution in [3.63, 3.8) is 0 Å². The molecule has 120 valence electrons. The third-order valence-electron chi connectivity index (χ3n) is 2.88. The van der Waals surface area contributed by atoms with Gasteiger partial charge in [0.25, 0.3) is 0 Å². The van der Waals surface area contributed by atoms with Crippen LogP contribution in [-0.4, -0.2) is 19.4 Å². The lowest BCUT2D eigenvalue weighted by Crippen LogP contribution is -1.95. The van der Waals surface area contributed by atoms with Gasteiger partial charge in [-0.1, -0.05) is 35.9 Å². The van der Waals surface area contributed by atoms with Crippen LogP contribution in [0.3, 0.4) is 0 Å². The van der Waals surface area contributed by atoms with Gasteiger partial charge in [0.15, 0.2) is 5.75 Å². The number of nitrogens with zero attached hydrogens (tertiary/aromatic N) is 1. The summed E-state index contributed by atoms with van der Waals surface area (Å²) in [6, 6.07) is 11.0. The first-order chi connectivity index (χ1) is 11.1. The normalized spacial score (nSPS) is 10.7. The summed E-state index contributed by atoms with van der Waals surface area (Å²) in [5.41, 5.74) is 1.60. The Morgan fingerprint density at radius 2 is 1.74 bits per heavy atom. The maximum Gasteiger partial charge on any atom is 0.156 e. The molecule has 0 aliphatic heterocycles. The van der Waals surface area contributed by atoms with Gasteiger partial charge >= 0.3 is 0 Å². The zero-order valence-corrected chi connectivity index (χ0v) is 14.3. The van der Waals surface area contributed by atoms with Crippen molar-refractivity contribution in [3.8, 4) is 11.5 Å². The average Bonchev–Trinajstić information content (AvgIpc) is 2.54. The Bertz CT molecular complexity index is 674. The van der Waals surface area contributed by atoms with Gasteiger partial charge in [-0.25, -0.2) is 0 Å². The average molecular weight is 350 g/mol. The van der Waals surface area contributed by atoms with Crippen molar-refractivity contribution in [2.45, 2.75) is 6.92 Å². The summed E-state index contributed by atoms with van der Waals surface area (Å²) in [6.07, 6.45) is 3.33. The van der Waals surface area contributed by atoms with E-state index in [0.717, 1.165) is 17.0 Å². The molecular weight excluding hydrogens is 333 g/mol. The highest BCUT2D eigenvalue weighted by atomic mass is 35.5. The highest BCUT2D eigenvalue weighted by Crippen LogP contribution is 2.34. The zero-order valence-electron chi connectivity index (χ0n) is 12.8. The van der Waals surface area contributed by atoms with E-state index in [0.29, 0.717) is 29.0 Å². The molecule has 2 aromatic rings. The molecular formula is C18H17Cl2NO2. The van der Waals surface area contributed by atoms with E-state index in [9.17, 15) is 0 Å². The molecule has 0 saturated carbocycles.